The highest BCUT2D eigenvalue weighted by Gasteiger charge is 2.74. The summed E-state index contributed by atoms with van der Waals surface area (Å²) in [6, 6.07) is 18.6. The minimum Gasteiger partial charge on any atom is -0.389 e. The molecule has 6 rings (SSSR count). The molecule has 176 valence electrons. The second-order valence-corrected chi connectivity index (χ2v) is 9.29. The maximum atomic E-state index is 12.3. The average Bonchev–Trinajstić information content (AvgIpc) is 3.45. The van der Waals surface area contributed by atoms with Gasteiger partial charge in [0.25, 0.3) is 0 Å². The van der Waals surface area contributed by atoms with Gasteiger partial charge < -0.3 is 14.8 Å². The summed E-state index contributed by atoms with van der Waals surface area (Å²) in [7, 11) is 0. The topological polar surface area (TPSA) is 101 Å². The van der Waals surface area contributed by atoms with E-state index in [1.807, 2.05) is 60.7 Å². The summed E-state index contributed by atoms with van der Waals surface area (Å²) in [6.07, 6.45) is -0.134. The quantitative estimate of drug-likeness (QED) is 0.433. The number of carbonyl (C=O) groups is 1. The first-order valence-corrected chi connectivity index (χ1v) is 11.7. The summed E-state index contributed by atoms with van der Waals surface area (Å²) < 4.78 is 1.74. The van der Waals surface area contributed by atoms with Crippen molar-refractivity contribution in [1.82, 2.24) is 19.5 Å². The van der Waals surface area contributed by atoms with Crippen LogP contribution in [0.2, 0.25) is 0 Å². The van der Waals surface area contributed by atoms with Crippen LogP contribution in [-0.2, 0) is 4.79 Å². The van der Waals surface area contributed by atoms with Crippen LogP contribution in [0, 0.1) is 35.0 Å². The van der Waals surface area contributed by atoms with E-state index < -0.39 is 23.7 Å². The zero-order chi connectivity index (χ0) is 24.9. The number of hydrogen-bond donors (Lipinski definition) is 2. The zero-order valence-corrected chi connectivity index (χ0v) is 19.5. The molecule has 0 saturated heterocycles. The van der Waals surface area contributed by atoms with Crippen LogP contribution in [-0.4, -0.2) is 47.7 Å². The molecule has 2 aromatic heterocycles. The van der Waals surface area contributed by atoms with Crippen molar-refractivity contribution in [3.05, 3.63) is 89.6 Å². The van der Waals surface area contributed by atoms with Crippen LogP contribution >= 0.6 is 0 Å². The summed E-state index contributed by atoms with van der Waals surface area (Å²) >= 11 is 0. The molecule has 2 aromatic carbocycles. The Balaban J connectivity index is 1.48. The highest BCUT2D eigenvalue weighted by atomic mass is 16.3. The van der Waals surface area contributed by atoms with Crippen molar-refractivity contribution in [2.24, 2.45) is 11.3 Å². The molecule has 7 heteroatoms. The van der Waals surface area contributed by atoms with E-state index >= 15 is 0 Å². The Morgan fingerprint density at radius 1 is 0.944 bits per heavy atom. The third-order valence-electron chi connectivity index (χ3n) is 7.26. The van der Waals surface area contributed by atoms with E-state index in [9.17, 15) is 15.0 Å². The maximum Gasteiger partial charge on any atom is 0.208 e. The van der Waals surface area contributed by atoms with Crippen LogP contribution in [0.3, 0.4) is 0 Å². The zero-order valence-electron chi connectivity index (χ0n) is 19.5. The first kappa shape index (κ1) is 22.2. The van der Waals surface area contributed by atoms with E-state index in [1.165, 1.54) is 6.92 Å². The van der Waals surface area contributed by atoms with Gasteiger partial charge in [-0.05, 0) is 55.4 Å². The minimum atomic E-state index is -1.13. The number of hydrogen-bond acceptors (Lipinski definition) is 6. The van der Waals surface area contributed by atoms with E-state index in [4.69, 9.17) is 0 Å². The standard InChI is InChI=1S/C29H22N4O3/c1-18(34)29-16-21(29)25(26(35)27(29)36)33-17-30-24-22(14-12-19-8-4-2-5-9-19)31-23(32-28(24)33)15-13-20-10-6-3-7-11-20/h2-11,17,21,25-27,35-36H,16H2,1H3/t21?,25-,26+,27?,29+/m1/s1. The number of aromatic nitrogens is 4. The second-order valence-electron chi connectivity index (χ2n) is 9.29. The molecule has 5 atom stereocenters. The Morgan fingerprint density at radius 2 is 1.58 bits per heavy atom. The highest BCUT2D eigenvalue weighted by Crippen LogP contribution is 2.68. The molecule has 2 aliphatic carbocycles. The fourth-order valence-corrected chi connectivity index (χ4v) is 5.35. The fraction of sp³-hybridized carbons (Fsp3) is 0.241. The third-order valence-corrected chi connectivity index (χ3v) is 7.26. The van der Waals surface area contributed by atoms with Gasteiger partial charge in [0.1, 0.15) is 23.1 Å². The van der Waals surface area contributed by atoms with Crippen LogP contribution in [0.15, 0.2) is 67.0 Å². The molecule has 0 bridgehead atoms. The minimum absolute atomic E-state index is 0.107. The van der Waals surface area contributed by atoms with E-state index in [2.05, 4.69) is 38.6 Å². The highest BCUT2D eigenvalue weighted by molar-refractivity contribution is 5.88. The Kier molecular flexibility index (Phi) is 5.19. The van der Waals surface area contributed by atoms with Crippen LogP contribution in [0.5, 0.6) is 0 Å². The van der Waals surface area contributed by atoms with Crippen LogP contribution < -0.4 is 0 Å². The van der Waals surface area contributed by atoms with Gasteiger partial charge in [0.15, 0.2) is 5.65 Å². The largest absolute Gasteiger partial charge is 0.389 e. The summed E-state index contributed by atoms with van der Waals surface area (Å²) in [4.78, 5) is 26.1. The molecule has 0 radical (unpaired) electrons. The molecule has 2 N–H and O–H groups in total. The summed E-state index contributed by atoms with van der Waals surface area (Å²) in [5, 5.41) is 21.6. The number of carbonyl (C=O) groups excluding carboxylic acids is 1. The number of aliphatic hydroxyl groups excluding tert-OH is 2. The number of nitrogens with zero attached hydrogens (tertiary/aromatic N) is 4. The monoisotopic (exact) mass is 474 g/mol. The Labute approximate surface area is 207 Å². The van der Waals surface area contributed by atoms with E-state index in [0.717, 1.165) is 11.1 Å². The lowest BCUT2D eigenvalue weighted by Crippen LogP contribution is -2.36. The summed E-state index contributed by atoms with van der Waals surface area (Å²) in [6.45, 7) is 1.47. The predicted molar refractivity (Wildman–Crippen MR) is 132 cm³/mol. The van der Waals surface area contributed by atoms with Crippen LogP contribution in [0.25, 0.3) is 11.2 Å². The van der Waals surface area contributed by atoms with Gasteiger partial charge in [-0.25, -0.2) is 15.0 Å². The normalized spacial score (nSPS) is 25.9. The maximum absolute atomic E-state index is 12.3. The van der Waals surface area contributed by atoms with Gasteiger partial charge >= 0.3 is 0 Å². The molecule has 2 unspecified atom stereocenters. The number of fused-ring (bicyclic) bond motifs is 2. The van der Waals surface area contributed by atoms with Crippen molar-refractivity contribution in [2.45, 2.75) is 31.6 Å². The smallest absolute Gasteiger partial charge is 0.208 e. The van der Waals surface area contributed by atoms with Crippen molar-refractivity contribution in [3.63, 3.8) is 0 Å². The van der Waals surface area contributed by atoms with Crippen molar-refractivity contribution >= 4 is 16.9 Å². The lowest BCUT2D eigenvalue weighted by molar-refractivity contribution is -0.128. The molecule has 7 nitrogen and oxygen atoms in total. The van der Waals surface area contributed by atoms with Gasteiger partial charge in [-0.3, -0.25) is 4.79 Å². The van der Waals surface area contributed by atoms with Crippen molar-refractivity contribution < 1.29 is 15.0 Å². The number of ketones is 1. The average molecular weight is 475 g/mol. The van der Waals surface area contributed by atoms with Crippen molar-refractivity contribution in [3.8, 4) is 23.7 Å². The van der Waals surface area contributed by atoms with Gasteiger partial charge in [0, 0.05) is 11.1 Å². The Hall–Kier alpha value is -4.30. The second kappa shape index (κ2) is 8.42. The van der Waals surface area contributed by atoms with Gasteiger partial charge in [0.05, 0.1) is 23.9 Å². The lowest BCUT2D eigenvalue weighted by atomic mass is 9.95. The summed E-state index contributed by atoms with van der Waals surface area (Å²) in [5.74, 6) is 12.3. The number of rotatable bonds is 2. The Morgan fingerprint density at radius 3 is 2.19 bits per heavy atom. The fourth-order valence-electron chi connectivity index (χ4n) is 5.35. The van der Waals surface area contributed by atoms with E-state index in [-0.39, 0.29) is 17.5 Å². The molecular formula is C29H22N4O3. The van der Waals surface area contributed by atoms with Crippen molar-refractivity contribution in [2.75, 3.05) is 0 Å². The molecule has 2 heterocycles. The van der Waals surface area contributed by atoms with Gasteiger partial charge in [0.2, 0.25) is 5.82 Å². The molecule has 2 saturated carbocycles. The number of benzene rings is 2. The molecule has 0 aliphatic heterocycles. The number of aliphatic hydroxyl groups is 2. The molecule has 36 heavy (non-hydrogen) atoms. The molecule has 2 aliphatic rings. The first-order valence-electron chi connectivity index (χ1n) is 11.7. The first-order chi connectivity index (χ1) is 17.5. The number of imidazole rings is 1. The van der Waals surface area contributed by atoms with Gasteiger partial charge in [-0.1, -0.05) is 48.2 Å². The van der Waals surface area contributed by atoms with Crippen LogP contribution in [0.1, 0.15) is 42.0 Å². The number of Topliss-reactive ketones (excluding diaryl/α,β-unsaturated/α-hetero) is 1. The summed E-state index contributed by atoms with van der Waals surface area (Å²) in [5.41, 5.74) is 2.11. The van der Waals surface area contributed by atoms with E-state index in [1.54, 1.807) is 10.9 Å². The SMILES string of the molecule is CC(=O)[C@@]12CC1[C@@H](n1cnc3c(C#Cc4ccccc4)nc(C#Cc4ccccc4)nc31)[C@H](O)C2O. The lowest BCUT2D eigenvalue weighted by Gasteiger charge is -2.23. The Bertz CT molecular complexity index is 1610. The van der Waals surface area contributed by atoms with Gasteiger partial charge in [-0.15, -0.1) is 0 Å². The molecule has 4 aromatic rings. The molecule has 0 spiro atoms. The molecule has 0 amide bonds. The van der Waals surface area contributed by atoms with Crippen LogP contribution in [0.4, 0.5) is 0 Å². The van der Waals surface area contributed by atoms with Gasteiger partial charge in [-0.2, -0.15) is 0 Å². The third kappa shape index (κ3) is 3.49. The predicted octanol–water partition coefficient (Wildman–Crippen LogP) is 2.50. The molecular weight excluding hydrogens is 452 g/mol. The molecule has 2 fully saturated rings. The van der Waals surface area contributed by atoms with E-state index in [0.29, 0.717) is 23.3 Å². The van der Waals surface area contributed by atoms with Crippen molar-refractivity contribution in [1.29, 1.82) is 0 Å².